The van der Waals surface area contributed by atoms with Crippen LogP contribution in [-0.4, -0.2) is 45.9 Å². The molecular weight excluding hydrogens is 290 g/mol. The molecule has 0 saturated heterocycles. The van der Waals surface area contributed by atoms with E-state index in [1.54, 1.807) is 7.05 Å². The van der Waals surface area contributed by atoms with Gasteiger partial charge in [-0.15, -0.1) is 0 Å². The maximum absolute atomic E-state index is 5.76. The first-order chi connectivity index (χ1) is 11.3. The second-order valence-electron chi connectivity index (χ2n) is 5.54. The fraction of sp³-hybridized carbons (Fsp3) is 0.611. The molecule has 2 N–H and O–H groups in total. The van der Waals surface area contributed by atoms with Crippen LogP contribution in [0, 0.1) is 5.92 Å². The van der Waals surface area contributed by atoms with E-state index < -0.39 is 0 Å². The van der Waals surface area contributed by atoms with E-state index in [9.17, 15) is 0 Å². The van der Waals surface area contributed by atoms with E-state index in [0.717, 1.165) is 45.3 Å². The third-order valence-corrected chi connectivity index (χ3v) is 3.32. The molecule has 0 aliphatic carbocycles. The second-order valence-corrected chi connectivity index (χ2v) is 5.54. The van der Waals surface area contributed by atoms with Gasteiger partial charge in [-0.3, -0.25) is 4.99 Å². The molecule has 0 aliphatic heterocycles. The number of benzene rings is 1. The molecule has 0 amide bonds. The summed E-state index contributed by atoms with van der Waals surface area (Å²) in [5.41, 5.74) is 1.21. The molecule has 0 radical (unpaired) electrons. The lowest BCUT2D eigenvalue weighted by Gasteiger charge is -2.16. The van der Waals surface area contributed by atoms with Gasteiger partial charge in [0.1, 0.15) is 0 Å². The van der Waals surface area contributed by atoms with Gasteiger partial charge in [0.2, 0.25) is 0 Å². The highest BCUT2D eigenvalue weighted by Gasteiger charge is 2.04. The van der Waals surface area contributed by atoms with Crippen molar-refractivity contribution >= 4 is 5.96 Å². The predicted molar refractivity (Wildman–Crippen MR) is 95.7 cm³/mol. The summed E-state index contributed by atoms with van der Waals surface area (Å²) in [6.07, 6.45) is 0.976. The van der Waals surface area contributed by atoms with Crippen LogP contribution in [0.3, 0.4) is 0 Å². The van der Waals surface area contributed by atoms with Crippen molar-refractivity contribution in [1.29, 1.82) is 0 Å². The van der Waals surface area contributed by atoms with E-state index in [-0.39, 0.29) is 0 Å². The smallest absolute Gasteiger partial charge is 0.190 e. The monoisotopic (exact) mass is 321 g/mol. The zero-order chi connectivity index (χ0) is 16.8. The molecule has 0 heterocycles. The summed E-state index contributed by atoms with van der Waals surface area (Å²) in [6.45, 7) is 8.81. The maximum Gasteiger partial charge on any atom is 0.190 e. The fourth-order valence-electron chi connectivity index (χ4n) is 2.03. The Morgan fingerprint density at radius 1 is 1.17 bits per heavy atom. The van der Waals surface area contributed by atoms with Crippen LogP contribution in [-0.2, 0) is 16.1 Å². The zero-order valence-corrected chi connectivity index (χ0v) is 14.7. The third-order valence-electron chi connectivity index (χ3n) is 3.32. The quantitative estimate of drug-likeness (QED) is 0.373. The molecule has 1 unspecified atom stereocenters. The molecule has 0 spiro atoms. The van der Waals surface area contributed by atoms with Gasteiger partial charge in [-0.25, -0.2) is 0 Å². The molecule has 1 aromatic carbocycles. The van der Waals surface area contributed by atoms with Crippen LogP contribution in [0.2, 0.25) is 0 Å². The average Bonchev–Trinajstić information content (AvgIpc) is 2.58. The Kier molecular flexibility index (Phi) is 10.9. The summed E-state index contributed by atoms with van der Waals surface area (Å²) in [6, 6.07) is 10.2. The Morgan fingerprint density at radius 3 is 2.65 bits per heavy atom. The van der Waals surface area contributed by atoms with Crippen molar-refractivity contribution in [2.24, 2.45) is 10.9 Å². The van der Waals surface area contributed by atoms with Crippen molar-refractivity contribution in [3.8, 4) is 0 Å². The number of nitrogens with zero attached hydrogens (tertiary/aromatic N) is 1. The maximum atomic E-state index is 5.76. The zero-order valence-electron chi connectivity index (χ0n) is 14.7. The van der Waals surface area contributed by atoms with Gasteiger partial charge < -0.3 is 20.1 Å². The van der Waals surface area contributed by atoms with Crippen LogP contribution in [0.15, 0.2) is 35.3 Å². The molecule has 0 saturated carbocycles. The Bertz CT molecular complexity index is 424. The van der Waals surface area contributed by atoms with Crippen molar-refractivity contribution in [2.75, 3.05) is 40.0 Å². The van der Waals surface area contributed by atoms with E-state index in [1.165, 1.54) is 5.56 Å². The van der Waals surface area contributed by atoms with Crippen LogP contribution in [0.1, 0.15) is 25.8 Å². The number of hydrogen-bond donors (Lipinski definition) is 2. The number of rotatable bonds is 11. The number of ether oxygens (including phenoxy) is 2. The topological polar surface area (TPSA) is 54.9 Å². The van der Waals surface area contributed by atoms with Gasteiger partial charge in [-0.05, 0) is 24.8 Å². The van der Waals surface area contributed by atoms with Gasteiger partial charge in [0.05, 0.1) is 13.2 Å². The highest BCUT2D eigenvalue weighted by molar-refractivity contribution is 5.79. The van der Waals surface area contributed by atoms with E-state index in [2.05, 4.69) is 34.7 Å². The van der Waals surface area contributed by atoms with Gasteiger partial charge in [-0.2, -0.15) is 0 Å². The van der Waals surface area contributed by atoms with E-state index in [4.69, 9.17) is 9.47 Å². The Hall–Kier alpha value is -1.59. The van der Waals surface area contributed by atoms with Crippen molar-refractivity contribution in [3.05, 3.63) is 35.9 Å². The molecular formula is C18H31N3O2. The standard InChI is InChI=1S/C18H31N3O2/c1-4-22-12-8-11-20-18(19-3)21-13-16(2)14-23-15-17-9-6-5-7-10-17/h5-7,9-10,16H,4,8,11-15H2,1-3H3,(H2,19,20,21). The van der Waals surface area contributed by atoms with Crippen LogP contribution >= 0.6 is 0 Å². The lowest BCUT2D eigenvalue weighted by Crippen LogP contribution is -2.40. The Balaban J connectivity index is 2.09. The molecule has 1 aromatic rings. The van der Waals surface area contributed by atoms with Gasteiger partial charge in [0.15, 0.2) is 5.96 Å². The van der Waals surface area contributed by atoms with Crippen LogP contribution in [0.5, 0.6) is 0 Å². The number of hydrogen-bond acceptors (Lipinski definition) is 3. The Morgan fingerprint density at radius 2 is 1.96 bits per heavy atom. The van der Waals surface area contributed by atoms with E-state index in [1.807, 2.05) is 25.1 Å². The van der Waals surface area contributed by atoms with E-state index in [0.29, 0.717) is 12.5 Å². The van der Waals surface area contributed by atoms with Crippen molar-refractivity contribution in [2.45, 2.75) is 26.9 Å². The van der Waals surface area contributed by atoms with Gasteiger partial charge in [0.25, 0.3) is 0 Å². The third kappa shape index (κ3) is 9.92. The number of guanidine groups is 1. The minimum absolute atomic E-state index is 0.417. The first kappa shape index (κ1) is 19.5. The summed E-state index contributed by atoms with van der Waals surface area (Å²) < 4.78 is 11.1. The SMILES string of the molecule is CCOCCCNC(=NC)NCC(C)COCc1ccccc1. The Labute approximate surface area is 140 Å². The van der Waals surface area contributed by atoms with Crippen LogP contribution in [0.25, 0.3) is 0 Å². The van der Waals surface area contributed by atoms with Gasteiger partial charge in [-0.1, -0.05) is 37.3 Å². The number of nitrogens with one attached hydrogen (secondary N) is 2. The lowest BCUT2D eigenvalue weighted by molar-refractivity contribution is 0.0931. The van der Waals surface area contributed by atoms with Gasteiger partial charge >= 0.3 is 0 Å². The normalized spacial score (nSPS) is 12.9. The van der Waals surface area contributed by atoms with Gasteiger partial charge in [0, 0.05) is 33.4 Å². The highest BCUT2D eigenvalue weighted by atomic mass is 16.5. The van der Waals surface area contributed by atoms with Crippen molar-refractivity contribution in [1.82, 2.24) is 10.6 Å². The summed E-state index contributed by atoms with van der Waals surface area (Å²) >= 11 is 0. The molecule has 23 heavy (non-hydrogen) atoms. The molecule has 5 heteroatoms. The lowest BCUT2D eigenvalue weighted by atomic mass is 10.2. The van der Waals surface area contributed by atoms with Crippen molar-refractivity contribution < 1.29 is 9.47 Å². The summed E-state index contributed by atoms with van der Waals surface area (Å²) in [7, 11) is 1.79. The average molecular weight is 321 g/mol. The molecule has 0 aliphatic rings. The molecule has 1 atom stereocenters. The first-order valence-electron chi connectivity index (χ1n) is 8.40. The molecule has 0 aromatic heterocycles. The highest BCUT2D eigenvalue weighted by Crippen LogP contribution is 2.02. The summed E-state index contributed by atoms with van der Waals surface area (Å²) in [5.74, 6) is 1.25. The van der Waals surface area contributed by atoms with Crippen molar-refractivity contribution in [3.63, 3.8) is 0 Å². The van der Waals surface area contributed by atoms with E-state index >= 15 is 0 Å². The molecule has 1 rings (SSSR count). The predicted octanol–water partition coefficient (Wildman–Crippen LogP) is 2.43. The minimum Gasteiger partial charge on any atom is -0.382 e. The van der Waals surface area contributed by atoms with Crippen LogP contribution in [0.4, 0.5) is 0 Å². The molecule has 0 bridgehead atoms. The molecule has 0 fully saturated rings. The molecule has 5 nitrogen and oxygen atoms in total. The minimum atomic E-state index is 0.417. The largest absolute Gasteiger partial charge is 0.382 e. The fourth-order valence-corrected chi connectivity index (χ4v) is 2.03. The first-order valence-corrected chi connectivity index (χ1v) is 8.40. The summed E-state index contributed by atoms with van der Waals surface area (Å²) in [5, 5.41) is 6.61. The summed E-state index contributed by atoms with van der Waals surface area (Å²) in [4.78, 5) is 4.22. The second kappa shape index (κ2) is 12.9. The number of aliphatic imine (C=N–C) groups is 1. The molecule has 130 valence electrons. The van der Waals surface area contributed by atoms with Crippen LogP contribution < -0.4 is 10.6 Å².